The molecule has 0 aliphatic heterocycles. The molecule has 0 saturated heterocycles. The van der Waals surface area contributed by atoms with E-state index in [1.54, 1.807) is 0 Å². The van der Waals surface area contributed by atoms with Crippen LogP contribution in [-0.4, -0.2) is 4.57 Å². The summed E-state index contributed by atoms with van der Waals surface area (Å²) in [5.74, 6) is 0. The molecule has 6 aromatic carbocycles. The lowest BCUT2D eigenvalue weighted by molar-refractivity contribution is 0.647. The molecule has 1 aliphatic carbocycles. The summed E-state index contributed by atoms with van der Waals surface area (Å²) in [7, 11) is 0. The molecule has 0 saturated carbocycles. The molecule has 41 heavy (non-hydrogen) atoms. The fourth-order valence-electron chi connectivity index (χ4n) is 7.23. The van der Waals surface area contributed by atoms with Crippen LogP contribution in [0.15, 0.2) is 132 Å². The molecular formula is C39H27NO. The van der Waals surface area contributed by atoms with E-state index in [2.05, 4.69) is 146 Å². The number of fused-ring (bicyclic) bond motifs is 9. The van der Waals surface area contributed by atoms with Gasteiger partial charge in [-0.15, -0.1) is 0 Å². The number of benzene rings is 6. The van der Waals surface area contributed by atoms with E-state index < -0.39 is 0 Å². The average Bonchev–Trinajstić information content (AvgIpc) is 3.62. The van der Waals surface area contributed by atoms with Crippen LogP contribution in [0.1, 0.15) is 25.0 Å². The summed E-state index contributed by atoms with van der Waals surface area (Å²) in [6.45, 7) is 4.63. The summed E-state index contributed by atoms with van der Waals surface area (Å²) < 4.78 is 8.88. The molecule has 0 bridgehead atoms. The van der Waals surface area contributed by atoms with Crippen LogP contribution in [-0.2, 0) is 5.41 Å². The maximum absolute atomic E-state index is 6.47. The van der Waals surface area contributed by atoms with E-state index in [0.717, 1.165) is 16.6 Å². The minimum atomic E-state index is -0.0501. The van der Waals surface area contributed by atoms with Gasteiger partial charge in [-0.2, -0.15) is 0 Å². The molecule has 9 rings (SSSR count). The van der Waals surface area contributed by atoms with Gasteiger partial charge in [0.25, 0.3) is 0 Å². The molecule has 1 aliphatic rings. The number of para-hydroxylation sites is 3. The van der Waals surface area contributed by atoms with Crippen LogP contribution in [0, 0.1) is 0 Å². The zero-order valence-electron chi connectivity index (χ0n) is 23.0. The third-order valence-electron chi connectivity index (χ3n) is 9.21. The summed E-state index contributed by atoms with van der Waals surface area (Å²) >= 11 is 0. The van der Waals surface area contributed by atoms with Gasteiger partial charge in [0.1, 0.15) is 11.2 Å². The maximum Gasteiger partial charge on any atom is 0.135 e. The summed E-state index contributed by atoms with van der Waals surface area (Å²) in [4.78, 5) is 0. The first-order valence-electron chi connectivity index (χ1n) is 14.3. The Morgan fingerprint density at radius 1 is 0.488 bits per heavy atom. The molecule has 2 heterocycles. The smallest absolute Gasteiger partial charge is 0.135 e. The Hall–Kier alpha value is -5.08. The first-order chi connectivity index (χ1) is 20.1. The molecule has 0 radical (unpaired) electrons. The van der Waals surface area contributed by atoms with Crippen molar-refractivity contribution in [1.82, 2.24) is 4.57 Å². The second-order valence-electron chi connectivity index (χ2n) is 11.8. The highest BCUT2D eigenvalue weighted by Gasteiger charge is 2.36. The van der Waals surface area contributed by atoms with E-state index in [0.29, 0.717) is 0 Å². The van der Waals surface area contributed by atoms with Crippen molar-refractivity contribution in [3.8, 4) is 27.9 Å². The number of hydrogen-bond acceptors (Lipinski definition) is 1. The van der Waals surface area contributed by atoms with Crippen molar-refractivity contribution in [1.29, 1.82) is 0 Å². The fourth-order valence-corrected chi connectivity index (χ4v) is 7.23. The quantitative estimate of drug-likeness (QED) is 0.219. The summed E-state index contributed by atoms with van der Waals surface area (Å²) in [5.41, 5.74) is 13.2. The molecule has 8 aromatic rings. The predicted molar refractivity (Wildman–Crippen MR) is 171 cm³/mol. The molecule has 0 N–H and O–H groups in total. The maximum atomic E-state index is 6.47. The van der Waals surface area contributed by atoms with Gasteiger partial charge in [-0.05, 0) is 70.3 Å². The molecule has 0 atom stereocenters. The highest BCUT2D eigenvalue weighted by atomic mass is 16.3. The van der Waals surface area contributed by atoms with Crippen molar-refractivity contribution in [2.75, 3.05) is 0 Å². The summed E-state index contributed by atoms with van der Waals surface area (Å²) in [5, 5.41) is 4.86. The second-order valence-corrected chi connectivity index (χ2v) is 11.8. The number of aromatic nitrogens is 1. The molecule has 2 nitrogen and oxygen atoms in total. The SMILES string of the molecule is CC1(C)c2ccccc2-c2cc3c(cc21)oc1ccc(-c2ccccc2-n2c4ccccc4c4ccccc42)cc13. The van der Waals surface area contributed by atoms with Crippen molar-refractivity contribution in [2.45, 2.75) is 19.3 Å². The van der Waals surface area contributed by atoms with Crippen LogP contribution >= 0.6 is 0 Å². The van der Waals surface area contributed by atoms with Crippen molar-refractivity contribution >= 4 is 43.7 Å². The molecule has 2 heteroatoms. The van der Waals surface area contributed by atoms with Crippen molar-refractivity contribution in [2.24, 2.45) is 0 Å². The lowest BCUT2D eigenvalue weighted by Gasteiger charge is -2.21. The highest BCUT2D eigenvalue weighted by molar-refractivity contribution is 6.11. The van der Waals surface area contributed by atoms with Gasteiger partial charge in [0, 0.05) is 32.5 Å². The van der Waals surface area contributed by atoms with Crippen LogP contribution in [0.3, 0.4) is 0 Å². The summed E-state index contributed by atoms with van der Waals surface area (Å²) in [6, 6.07) is 46.2. The second kappa shape index (κ2) is 7.99. The summed E-state index contributed by atoms with van der Waals surface area (Å²) in [6.07, 6.45) is 0. The third-order valence-corrected chi connectivity index (χ3v) is 9.21. The zero-order valence-corrected chi connectivity index (χ0v) is 23.0. The standard InChI is InChI=1S/C39H27NO/c1-39(2)32-15-7-3-12-26(32)29-22-31-30-21-24(19-20-37(30)41-38(31)23-33(29)39)25-11-4-8-16-34(25)40-35-17-9-5-13-27(35)28-14-6-10-18-36(28)40/h3-23H,1-2H3. The lowest BCUT2D eigenvalue weighted by Crippen LogP contribution is -2.14. The van der Waals surface area contributed by atoms with Crippen molar-refractivity contribution in [3.05, 3.63) is 139 Å². The Morgan fingerprint density at radius 3 is 1.90 bits per heavy atom. The van der Waals surface area contributed by atoms with Gasteiger partial charge in [0.05, 0.1) is 16.7 Å². The van der Waals surface area contributed by atoms with E-state index in [4.69, 9.17) is 4.42 Å². The molecule has 0 unspecified atom stereocenters. The van der Waals surface area contributed by atoms with Gasteiger partial charge >= 0.3 is 0 Å². The van der Waals surface area contributed by atoms with E-state index in [-0.39, 0.29) is 5.41 Å². The Kier molecular flexibility index (Phi) is 4.42. The Bertz CT molecular complexity index is 2290. The average molecular weight is 526 g/mol. The third kappa shape index (κ3) is 3.02. The van der Waals surface area contributed by atoms with Gasteiger partial charge in [0.15, 0.2) is 0 Å². The molecule has 0 amide bonds. The minimum Gasteiger partial charge on any atom is -0.456 e. The largest absolute Gasteiger partial charge is 0.456 e. The molecule has 0 spiro atoms. The number of rotatable bonds is 2. The first-order valence-corrected chi connectivity index (χ1v) is 14.3. The Labute approximate surface area is 238 Å². The highest BCUT2D eigenvalue weighted by Crippen LogP contribution is 2.51. The molecule has 2 aromatic heterocycles. The van der Waals surface area contributed by atoms with Gasteiger partial charge < -0.3 is 8.98 Å². The number of hydrogen-bond donors (Lipinski definition) is 0. The molecule has 0 fully saturated rings. The van der Waals surface area contributed by atoms with Crippen molar-refractivity contribution < 1.29 is 4.42 Å². The van der Waals surface area contributed by atoms with Gasteiger partial charge in [-0.1, -0.05) is 98.8 Å². The van der Waals surface area contributed by atoms with Crippen molar-refractivity contribution in [3.63, 3.8) is 0 Å². The van der Waals surface area contributed by atoms with Gasteiger partial charge in [-0.3, -0.25) is 0 Å². The van der Waals surface area contributed by atoms with E-state index >= 15 is 0 Å². The minimum absolute atomic E-state index is 0.0501. The van der Waals surface area contributed by atoms with E-state index in [1.165, 1.54) is 66.3 Å². The normalized spacial score (nSPS) is 13.8. The zero-order chi connectivity index (χ0) is 27.3. The Balaban J connectivity index is 1.29. The van der Waals surface area contributed by atoms with Crippen LogP contribution < -0.4 is 0 Å². The first kappa shape index (κ1) is 22.7. The van der Waals surface area contributed by atoms with Gasteiger partial charge in [0.2, 0.25) is 0 Å². The van der Waals surface area contributed by atoms with E-state index in [1.807, 2.05) is 0 Å². The van der Waals surface area contributed by atoms with Gasteiger partial charge in [-0.25, -0.2) is 0 Å². The number of nitrogens with zero attached hydrogens (tertiary/aromatic N) is 1. The van der Waals surface area contributed by atoms with Crippen LogP contribution in [0.5, 0.6) is 0 Å². The molecular weight excluding hydrogens is 498 g/mol. The molecule has 194 valence electrons. The Morgan fingerprint density at radius 2 is 1.12 bits per heavy atom. The fraction of sp³-hybridized carbons (Fsp3) is 0.0769. The predicted octanol–water partition coefficient (Wildman–Crippen LogP) is 10.7. The van der Waals surface area contributed by atoms with E-state index in [9.17, 15) is 0 Å². The van der Waals surface area contributed by atoms with Crippen LogP contribution in [0.4, 0.5) is 0 Å². The monoisotopic (exact) mass is 525 g/mol. The van der Waals surface area contributed by atoms with Crippen LogP contribution in [0.2, 0.25) is 0 Å². The van der Waals surface area contributed by atoms with Crippen LogP contribution in [0.25, 0.3) is 71.7 Å². The topological polar surface area (TPSA) is 18.1 Å². The lowest BCUT2D eigenvalue weighted by atomic mass is 9.82. The number of furan rings is 1.